The van der Waals surface area contributed by atoms with Crippen LogP contribution in [0.25, 0.3) is 0 Å². The van der Waals surface area contributed by atoms with E-state index >= 15 is 0 Å². The minimum Gasteiger partial charge on any atom is -0.338 e. The first-order valence-electron chi connectivity index (χ1n) is 6.82. The number of hydrogen-bond donors (Lipinski definition) is 2. The summed E-state index contributed by atoms with van der Waals surface area (Å²) in [7, 11) is 0. The molecule has 0 radical (unpaired) electrons. The van der Waals surface area contributed by atoms with Gasteiger partial charge in [0.25, 0.3) is 0 Å². The maximum atomic E-state index is 11.8. The average Bonchev–Trinajstić information content (AvgIpc) is 2.43. The molecule has 0 unspecified atom stereocenters. The lowest BCUT2D eigenvalue weighted by molar-refractivity contribution is 0.252. The molecule has 2 aromatic carbocycles. The predicted molar refractivity (Wildman–Crippen MR) is 83.1 cm³/mol. The maximum absolute atomic E-state index is 11.8. The van der Waals surface area contributed by atoms with Crippen molar-refractivity contribution in [3.8, 4) is 0 Å². The first-order chi connectivity index (χ1) is 9.66. The first-order valence-corrected chi connectivity index (χ1v) is 6.82. The number of para-hydroxylation sites is 1. The van der Waals surface area contributed by atoms with Gasteiger partial charge in [0, 0.05) is 12.2 Å². The molecule has 2 rings (SSSR count). The van der Waals surface area contributed by atoms with Crippen LogP contribution in [0.1, 0.15) is 16.7 Å². The summed E-state index contributed by atoms with van der Waals surface area (Å²) in [6, 6.07) is 15.8. The monoisotopic (exact) mass is 268 g/mol. The minimum absolute atomic E-state index is 0.159. The van der Waals surface area contributed by atoms with Gasteiger partial charge in [-0.3, -0.25) is 0 Å². The van der Waals surface area contributed by atoms with Gasteiger partial charge in [0.15, 0.2) is 0 Å². The van der Waals surface area contributed by atoms with Crippen molar-refractivity contribution in [1.29, 1.82) is 0 Å². The Balaban J connectivity index is 1.82. The second-order valence-corrected chi connectivity index (χ2v) is 4.87. The number of rotatable bonds is 4. The minimum atomic E-state index is -0.159. The molecule has 3 nitrogen and oxygen atoms in total. The number of benzene rings is 2. The van der Waals surface area contributed by atoms with E-state index in [-0.39, 0.29) is 6.03 Å². The van der Waals surface area contributed by atoms with Gasteiger partial charge in [0.05, 0.1) is 0 Å². The Bertz CT molecular complexity index is 593. The van der Waals surface area contributed by atoms with Crippen molar-refractivity contribution < 1.29 is 4.79 Å². The molecule has 2 N–H and O–H groups in total. The fraction of sp³-hybridized carbons (Fsp3) is 0.235. The van der Waals surface area contributed by atoms with Crippen LogP contribution in [0.2, 0.25) is 0 Å². The second-order valence-electron chi connectivity index (χ2n) is 4.87. The number of aryl methyl sites for hydroxylation is 2. The number of nitrogens with one attached hydrogen (secondary N) is 2. The van der Waals surface area contributed by atoms with Crippen LogP contribution in [0.15, 0.2) is 48.5 Å². The van der Waals surface area contributed by atoms with Gasteiger partial charge >= 0.3 is 6.03 Å². The van der Waals surface area contributed by atoms with Crippen LogP contribution in [0.5, 0.6) is 0 Å². The summed E-state index contributed by atoms with van der Waals surface area (Å²) in [5, 5.41) is 5.75. The smallest absolute Gasteiger partial charge is 0.319 e. The zero-order chi connectivity index (χ0) is 14.4. The zero-order valence-electron chi connectivity index (χ0n) is 11.9. The number of urea groups is 1. The number of carbonyl (C=O) groups excluding carboxylic acids is 1. The molecule has 104 valence electrons. The quantitative estimate of drug-likeness (QED) is 0.872. The van der Waals surface area contributed by atoms with Crippen molar-refractivity contribution in [3.05, 3.63) is 65.2 Å². The normalized spacial score (nSPS) is 10.1. The third kappa shape index (κ3) is 3.85. The van der Waals surface area contributed by atoms with E-state index in [1.807, 2.05) is 43.3 Å². The largest absolute Gasteiger partial charge is 0.338 e. The molecule has 0 aromatic heterocycles. The Hall–Kier alpha value is -2.29. The zero-order valence-corrected chi connectivity index (χ0v) is 11.9. The van der Waals surface area contributed by atoms with E-state index in [4.69, 9.17) is 0 Å². The third-order valence-corrected chi connectivity index (χ3v) is 3.33. The second kappa shape index (κ2) is 6.75. The predicted octanol–water partition coefficient (Wildman–Crippen LogP) is 3.67. The highest BCUT2D eigenvalue weighted by atomic mass is 16.2. The molecule has 0 saturated carbocycles. The van der Waals surface area contributed by atoms with Crippen LogP contribution >= 0.6 is 0 Å². The molecule has 0 heterocycles. The van der Waals surface area contributed by atoms with E-state index in [1.54, 1.807) is 0 Å². The molecule has 0 spiro atoms. The van der Waals surface area contributed by atoms with E-state index in [2.05, 4.69) is 29.7 Å². The Morgan fingerprint density at radius 2 is 1.60 bits per heavy atom. The molecule has 2 amide bonds. The molecule has 0 aliphatic heterocycles. The summed E-state index contributed by atoms with van der Waals surface area (Å²) in [6.45, 7) is 4.69. The number of anilines is 1. The first kappa shape index (κ1) is 14.1. The summed E-state index contributed by atoms with van der Waals surface area (Å²) in [5.41, 5.74) is 4.43. The highest BCUT2D eigenvalue weighted by Gasteiger charge is 2.03. The van der Waals surface area contributed by atoms with Crippen LogP contribution in [-0.2, 0) is 6.42 Å². The SMILES string of the molecule is Cc1ccccc1CCNC(=O)Nc1ccccc1C. The van der Waals surface area contributed by atoms with Crippen molar-refractivity contribution in [1.82, 2.24) is 5.32 Å². The van der Waals surface area contributed by atoms with Crippen LogP contribution < -0.4 is 10.6 Å². The van der Waals surface area contributed by atoms with E-state index in [0.717, 1.165) is 17.7 Å². The van der Waals surface area contributed by atoms with Gasteiger partial charge in [-0.25, -0.2) is 4.79 Å². The molecule has 20 heavy (non-hydrogen) atoms. The summed E-state index contributed by atoms with van der Waals surface area (Å²) >= 11 is 0. The summed E-state index contributed by atoms with van der Waals surface area (Å²) < 4.78 is 0. The van der Waals surface area contributed by atoms with Crippen LogP contribution in [0.3, 0.4) is 0 Å². The molecule has 0 aliphatic carbocycles. The van der Waals surface area contributed by atoms with Crippen molar-refractivity contribution in [2.24, 2.45) is 0 Å². The van der Waals surface area contributed by atoms with Gasteiger partial charge in [0.2, 0.25) is 0 Å². The Morgan fingerprint density at radius 1 is 0.950 bits per heavy atom. The molecule has 0 bridgehead atoms. The number of carbonyl (C=O) groups is 1. The lowest BCUT2D eigenvalue weighted by Crippen LogP contribution is -2.30. The van der Waals surface area contributed by atoms with E-state index < -0.39 is 0 Å². The van der Waals surface area contributed by atoms with Crippen LogP contribution in [0.4, 0.5) is 10.5 Å². The molecular weight excluding hydrogens is 248 g/mol. The van der Waals surface area contributed by atoms with Gasteiger partial charge in [-0.2, -0.15) is 0 Å². The molecule has 0 fully saturated rings. The van der Waals surface area contributed by atoms with Gasteiger partial charge in [-0.05, 0) is 43.0 Å². The topological polar surface area (TPSA) is 41.1 Å². The van der Waals surface area contributed by atoms with E-state index in [1.165, 1.54) is 11.1 Å². The number of amides is 2. The number of hydrogen-bond acceptors (Lipinski definition) is 1. The van der Waals surface area contributed by atoms with Gasteiger partial charge in [0.1, 0.15) is 0 Å². The summed E-state index contributed by atoms with van der Waals surface area (Å²) in [6.07, 6.45) is 0.841. The molecule has 0 saturated heterocycles. The fourth-order valence-corrected chi connectivity index (χ4v) is 2.08. The fourth-order valence-electron chi connectivity index (χ4n) is 2.08. The Kier molecular flexibility index (Phi) is 4.77. The average molecular weight is 268 g/mol. The van der Waals surface area contributed by atoms with Crippen LogP contribution in [0, 0.1) is 13.8 Å². The molecule has 3 heteroatoms. The Morgan fingerprint density at radius 3 is 2.30 bits per heavy atom. The van der Waals surface area contributed by atoms with E-state index in [0.29, 0.717) is 6.54 Å². The van der Waals surface area contributed by atoms with E-state index in [9.17, 15) is 4.79 Å². The van der Waals surface area contributed by atoms with Gasteiger partial charge in [-0.15, -0.1) is 0 Å². The molecular formula is C17H20N2O. The van der Waals surface area contributed by atoms with Crippen LogP contribution in [-0.4, -0.2) is 12.6 Å². The molecule has 0 aliphatic rings. The molecule has 2 aromatic rings. The molecule has 0 atom stereocenters. The summed E-state index contributed by atoms with van der Waals surface area (Å²) in [5.74, 6) is 0. The third-order valence-electron chi connectivity index (χ3n) is 3.33. The van der Waals surface area contributed by atoms with Gasteiger partial charge < -0.3 is 10.6 Å². The highest BCUT2D eigenvalue weighted by molar-refractivity contribution is 5.89. The maximum Gasteiger partial charge on any atom is 0.319 e. The summed E-state index contributed by atoms with van der Waals surface area (Å²) in [4.78, 5) is 11.8. The van der Waals surface area contributed by atoms with Gasteiger partial charge in [-0.1, -0.05) is 42.5 Å². The van der Waals surface area contributed by atoms with Crippen molar-refractivity contribution in [2.45, 2.75) is 20.3 Å². The van der Waals surface area contributed by atoms with Crippen molar-refractivity contribution in [3.63, 3.8) is 0 Å². The lowest BCUT2D eigenvalue weighted by Gasteiger charge is -2.10. The highest BCUT2D eigenvalue weighted by Crippen LogP contribution is 2.12. The lowest BCUT2D eigenvalue weighted by atomic mass is 10.1. The van der Waals surface area contributed by atoms with Crippen molar-refractivity contribution in [2.75, 3.05) is 11.9 Å². The standard InChI is InChI=1S/C17H20N2O/c1-13-7-3-5-9-15(13)11-12-18-17(20)19-16-10-6-4-8-14(16)2/h3-10H,11-12H2,1-2H3,(H2,18,19,20). The van der Waals surface area contributed by atoms with Crippen molar-refractivity contribution >= 4 is 11.7 Å². The Labute approximate surface area is 120 Å².